The Morgan fingerprint density at radius 3 is 2.48 bits per heavy atom. The van der Waals surface area contributed by atoms with Crippen LogP contribution in [0.2, 0.25) is 5.02 Å². The van der Waals surface area contributed by atoms with E-state index in [2.05, 4.69) is 27.3 Å². The Balaban J connectivity index is 1.37. The molecule has 0 bridgehead atoms. The normalized spacial score (nSPS) is 23.0. The van der Waals surface area contributed by atoms with E-state index in [1.165, 1.54) is 5.56 Å². The number of likely N-dealkylation sites (tertiary alicyclic amines) is 1. The molecule has 2 aromatic rings. The van der Waals surface area contributed by atoms with E-state index in [4.69, 9.17) is 16.6 Å². The summed E-state index contributed by atoms with van der Waals surface area (Å²) >= 11 is 6.03. The quantitative estimate of drug-likeness (QED) is 0.705. The number of amides is 1. The van der Waals surface area contributed by atoms with E-state index in [0.29, 0.717) is 49.2 Å². The van der Waals surface area contributed by atoms with Crippen molar-refractivity contribution in [3.05, 3.63) is 40.5 Å². The zero-order chi connectivity index (χ0) is 23.2. The molecule has 1 atom stereocenters. The molecule has 8 nitrogen and oxygen atoms in total. The molecule has 0 saturated carbocycles. The van der Waals surface area contributed by atoms with Gasteiger partial charge in [0.05, 0.1) is 11.4 Å². The third kappa shape index (κ3) is 4.53. The summed E-state index contributed by atoms with van der Waals surface area (Å²) in [5.41, 5.74) is 1.89. The Morgan fingerprint density at radius 1 is 1.06 bits per heavy atom. The molecule has 1 unspecified atom stereocenters. The largest absolute Gasteiger partial charge is 0.364 e. The molecule has 1 aromatic heterocycles. The minimum absolute atomic E-state index is 0.0361. The van der Waals surface area contributed by atoms with Crippen molar-refractivity contribution in [2.45, 2.75) is 49.0 Å². The van der Waals surface area contributed by atoms with Crippen molar-refractivity contribution in [1.29, 1.82) is 0 Å². The van der Waals surface area contributed by atoms with Crippen molar-refractivity contribution in [1.82, 2.24) is 14.9 Å². The van der Waals surface area contributed by atoms with Gasteiger partial charge >= 0.3 is 0 Å². The molecule has 2 fully saturated rings. The van der Waals surface area contributed by atoms with Gasteiger partial charge in [0, 0.05) is 50.6 Å². The number of rotatable bonds is 4. The SMILES string of the molecule is CN1CC(Nc2nc(N3CCC(c4ccc(Cl)cc4)CC3)nc3c2S(=O)(=O)CC3)CCC1=O. The number of likely N-dealkylation sites (N-methyl/N-ethyl adjacent to an activating group) is 1. The zero-order valence-electron chi connectivity index (χ0n) is 18.6. The second kappa shape index (κ2) is 8.76. The fourth-order valence-electron chi connectivity index (χ4n) is 5.02. The maximum absolute atomic E-state index is 12.7. The van der Waals surface area contributed by atoms with Crippen LogP contribution in [-0.4, -0.2) is 67.7 Å². The lowest BCUT2D eigenvalue weighted by Gasteiger charge is -2.33. The lowest BCUT2D eigenvalue weighted by atomic mass is 9.89. The molecule has 10 heteroatoms. The summed E-state index contributed by atoms with van der Waals surface area (Å²) in [4.78, 5) is 25.3. The first kappa shape index (κ1) is 22.4. The number of carbonyl (C=O) groups excluding carboxylic acids is 1. The second-order valence-corrected chi connectivity index (χ2v) is 11.7. The van der Waals surface area contributed by atoms with Gasteiger partial charge in [0.1, 0.15) is 4.90 Å². The number of carbonyl (C=O) groups is 1. The highest BCUT2D eigenvalue weighted by atomic mass is 35.5. The summed E-state index contributed by atoms with van der Waals surface area (Å²) in [5.74, 6) is 1.61. The molecule has 2 saturated heterocycles. The van der Waals surface area contributed by atoms with E-state index >= 15 is 0 Å². The summed E-state index contributed by atoms with van der Waals surface area (Å²) in [6.07, 6.45) is 3.45. The number of aryl methyl sites for hydroxylation is 1. The lowest BCUT2D eigenvalue weighted by Crippen LogP contribution is -2.43. The number of nitrogens with one attached hydrogen (secondary N) is 1. The smallest absolute Gasteiger partial charge is 0.227 e. The van der Waals surface area contributed by atoms with Crippen molar-refractivity contribution < 1.29 is 13.2 Å². The monoisotopic (exact) mass is 489 g/mol. The fraction of sp³-hybridized carbons (Fsp3) is 0.522. The number of benzene rings is 1. The molecule has 3 aliphatic rings. The van der Waals surface area contributed by atoms with Gasteiger partial charge in [0.2, 0.25) is 11.9 Å². The molecule has 4 heterocycles. The van der Waals surface area contributed by atoms with E-state index in [1.807, 2.05) is 12.1 Å². The van der Waals surface area contributed by atoms with Gasteiger partial charge in [0.25, 0.3) is 0 Å². The van der Waals surface area contributed by atoms with Crippen LogP contribution >= 0.6 is 11.6 Å². The van der Waals surface area contributed by atoms with Crippen LogP contribution in [0.5, 0.6) is 0 Å². The molecule has 0 radical (unpaired) electrons. The minimum Gasteiger partial charge on any atom is -0.364 e. The molecule has 0 aliphatic carbocycles. The number of anilines is 2. The fourth-order valence-corrected chi connectivity index (χ4v) is 6.72. The van der Waals surface area contributed by atoms with Gasteiger partial charge in [-0.25, -0.2) is 13.4 Å². The molecule has 1 aromatic carbocycles. The molecule has 0 spiro atoms. The van der Waals surface area contributed by atoms with Crippen LogP contribution in [0.3, 0.4) is 0 Å². The highest BCUT2D eigenvalue weighted by Gasteiger charge is 2.35. The first-order valence-electron chi connectivity index (χ1n) is 11.4. The van der Waals surface area contributed by atoms with Gasteiger partial charge in [-0.3, -0.25) is 4.79 Å². The van der Waals surface area contributed by atoms with Crippen molar-refractivity contribution in [2.24, 2.45) is 0 Å². The number of nitrogens with zero attached hydrogens (tertiary/aromatic N) is 4. The molecule has 5 rings (SSSR count). The third-order valence-corrected chi connectivity index (χ3v) is 8.97. The van der Waals surface area contributed by atoms with Gasteiger partial charge in [-0.1, -0.05) is 23.7 Å². The van der Waals surface area contributed by atoms with Crippen molar-refractivity contribution in [3.63, 3.8) is 0 Å². The molecule has 1 N–H and O–H groups in total. The first-order chi connectivity index (χ1) is 15.8. The Hall–Kier alpha value is -2.39. The average Bonchev–Trinajstić information content (AvgIpc) is 3.12. The highest BCUT2D eigenvalue weighted by molar-refractivity contribution is 7.91. The highest BCUT2D eigenvalue weighted by Crippen LogP contribution is 2.35. The summed E-state index contributed by atoms with van der Waals surface area (Å²) < 4.78 is 25.5. The number of fused-ring (bicyclic) bond motifs is 1. The number of hydrogen-bond donors (Lipinski definition) is 1. The van der Waals surface area contributed by atoms with Crippen LogP contribution in [-0.2, 0) is 21.1 Å². The molecule has 33 heavy (non-hydrogen) atoms. The minimum atomic E-state index is -3.40. The van der Waals surface area contributed by atoms with Gasteiger partial charge in [-0.05, 0) is 42.9 Å². The predicted octanol–water partition coefficient (Wildman–Crippen LogP) is 2.88. The second-order valence-electron chi connectivity index (χ2n) is 9.18. The Bertz CT molecular complexity index is 1160. The molecule has 176 valence electrons. The van der Waals surface area contributed by atoms with Crippen LogP contribution in [0.1, 0.15) is 42.9 Å². The first-order valence-corrected chi connectivity index (χ1v) is 13.5. The molecular weight excluding hydrogens is 462 g/mol. The van der Waals surface area contributed by atoms with Crippen LogP contribution in [0.25, 0.3) is 0 Å². The van der Waals surface area contributed by atoms with E-state index in [9.17, 15) is 13.2 Å². The predicted molar refractivity (Wildman–Crippen MR) is 128 cm³/mol. The summed E-state index contributed by atoms with van der Waals surface area (Å²) in [6, 6.07) is 8.01. The average molecular weight is 490 g/mol. The van der Waals surface area contributed by atoms with Crippen molar-refractivity contribution in [3.8, 4) is 0 Å². The van der Waals surface area contributed by atoms with E-state index in [-0.39, 0.29) is 22.6 Å². The Labute approximate surface area is 199 Å². The van der Waals surface area contributed by atoms with Gasteiger partial charge in [-0.2, -0.15) is 4.98 Å². The Kier molecular flexibility index (Phi) is 5.95. The van der Waals surface area contributed by atoms with Crippen LogP contribution < -0.4 is 10.2 Å². The topological polar surface area (TPSA) is 95.5 Å². The third-order valence-electron chi connectivity index (χ3n) is 6.93. The van der Waals surface area contributed by atoms with E-state index in [1.54, 1.807) is 11.9 Å². The summed E-state index contributed by atoms with van der Waals surface area (Å²) in [7, 11) is -1.63. The van der Waals surface area contributed by atoms with Crippen molar-refractivity contribution in [2.75, 3.05) is 42.7 Å². The van der Waals surface area contributed by atoms with Gasteiger partial charge in [-0.15, -0.1) is 0 Å². The zero-order valence-corrected chi connectivity index (χ0v) is 20.2. The number of hydrogen-bond acceptors (Lipinski definition) is 7. The van der Waals surface area contributed by atoms with E-state index in [0.717, 1.165) is 31.0 Å². The summed E-state index contributed by atoms with van der Waals surface area (Å²) in [5, 5.41) is 4.09. The number of halogens is 1. The Morgan fingerprint density at radius 2 is 1.79 bits per heavy atom. The van der Waals surface area contributed by atoms with Crippen molar-refractivity contribution >= 4 is 39.1 Å². The maximum Gasteiger partial charge on any atom is 0.227 e. The number of aromatic nitrogens is 2. The van der Waals surface area contributed by atoms with Crippen LogP contribution in [0.15, 0.2) is 29.2 Å². The molecular formula is C23H28ClN5O3S. The number of sulfone groups is 1. The van der Waals surface area contributed by atoms with Gasteiger partial charge in [0.15, 0.2) is 15.7 Å². The van der Waals surface area contributed by atoms with E-state index < -0.39 is 9.84 Å². The number of piperidine rings is 2. The van der Waals surface area contributed by atoms with Gasteiger partial charge < -0.3 is 15.1 Å². The molecule has 1 amide bonds. The maximum atomic E-state index is 12.7. The standard InChI is InChI=1S/C23H28ClN5O3S/c1-28-14-18(6-7-20(28)30)25-22-21-19(10-13-33(21,31)32)26-23(27-22)29-11-8-16(9-12-29)15-2-4-17(24)5-3-15/h2-5,16,18H,6-14H2,1H3,(H,25,26,27). The van der Waals surface area contributed by atoms with Crippen LogP contribution in [0.4, 0.5) is 11.8 Å². The molecule has 3 aliphatic heterocycles. The lowest BCUT2D eigenvalue weighted by molar-refractivity contribution is -0.132. The van der Waals surface area contributed by atoms with Crippen LogP contribution in [0, 0.1) is 0 Å². The summed E-state index contributed by atoms with van der Waals surface area (Å²) in [6.45, 7) is 2.14.